The van der Waals surface area contributed by atoms with E-state index in [-0.39, 0.29) is 46.9 Å². The zero-order chi connectivity index (χ0) is 44.9. The molecule has 0 aliphatic carbocycles. The molecule has 64 heavy (non-hydrogen) atoms. The summed E-state index contributed by atoms with van der Waals surface area (Å²) < 4.78 is 45.9. The van der Waals surface area contributed by atoms with Gasteiger partial charge in [-0.05, 0) is 121 Å². The molecule has 2 aromatic heterocycles. The van der Waals surface area contributed by atoms with Crippen molar-refractivity contribution < 1.29 is 37.1 Å². The monoisotopic (exact) mass is 935 g/mol. The van der Waals surface area contributed by atoms with Crippen LogP contribution >= 0.6 is 15.9 Å². The number of aryl methyl sites for hydroxylation is 1. The van der Waals surface area contributed by atoms with Crippen molar-refractivity contribution in [2.75, 3.05) is 49.5 Å². The molecule has 6 heterocycles. The Morgan fingerprint density at radius 3 is 2.45 bits per heavy atom. The van der Waals surface area contributed by atoms with Crippen LogP contribution in [0.25, 0.3) is 5.65 Å². The molecule has 5 amide bonds. The summed E-state index contributed by atoms with van der Waals surface area (Å²) in [5, 5.41) is 9.12. The average molecular weight is 937 g/mol. The fraction of sp³-hybridized carbons (Fsp3) is 0.326. The number of alkyl halides is 3. The highest BCUT2D eigenvalue weighted by atomic mass is 79.9. The molecule has 0 spiro atoms. The first-order valence-corrected chi connectivity index (χ1v) is 21.7. The highest BCUT2D eigenvalue weighted by molar-refractivity contribution is 9.10. The third-order valence-electron chi connectivity index (χ3n) is 12.4. The summed E-state index contributed by atoms with van der Waals surface area (Å²) >= 11 is 3.57. The molecule has 18 heteroatoms. The van der Waals surface area contributed by atoms with Gasteiger partial charge in [0.15, 0.2) is 5.65 Å². The lowest BCUT2D eigenvalue weighted by Crippen LogP contribution is -2.54. The summed E-state index contributed by atoms with van der Waals surface area (Å²) in [5.74, 6) is 3.32. The van der Waals surface area contributed by atoms with Crippen molar-refractivity contribution in [2.45, 2.75) is 57.4 Å². The number of anilines is 2. The number of amides is 5. The van der Waals surface area contributed by atoms with Crippen LogP contribution in [0.4, 0.5) is 24.5 Å². The Morgan fingerprint density at radius 1 is 0.922 bits per heavy atom. The van der Waals surface area contributed by atoms with Crippen molar-refractivity contribution >= 4 is 62.5 Å². The molecule has 328 valence electrons. The lowest BCUT2D eigenvalue weighted by atomic mass is 10.00. The topological polar surface area (TPSA) is 153 Å². The maximum Gasteiger partial charge on any atom is 0.418 e. The van der Waals surface area contributed by atoms with Crippen molar-refractivity contribution in [3.63, 3.8) is 0 Å². The average Bonchev–Trinajstić information content (AvgIpc) is 3.81. The van der Waals surface area contributed by atoms with Crippen LogP contribution in [0.15, 0.2) is 77.5 Å². The highest BCUT2D eigenvalue weighted by Gasteiger charge is 2.46. The van der Waals surface area contributed by atoms with Crippen LogP contribution in [-0.4, -0.2) is 110 Å². The molecule has 0 bridgehead atoms. The van der Waals surface area contributed by atoms with Gasteiger partial charge in [0.1, 0.15) is 11.7 Å². The Labute approximate surface area is 373 Å². The maximum absolute atomic E-state index is 14.6. The molecular weight excluding hydrogens is 895 g/mol. The van der Waals surface area contributed by atoms with Crippen molar-refractivity contribution in [1.29, 1.82) is 0 Å². The van der Waals surface area contributed by atoms with Gasteiger partial charge in [-0.15, -0.1) is 0 Å². The van der Waals surface area contributed by atoms with Crippen LogP contribution in [-0.2, 0) is 22.3 Å². The minimum Gasteiger partial charge on any atom is -0.368 e. The van der Waals surface area contributed by atoms with E-state index in [1.807, 2.05) is 13.0 Å². The van der Waals surface area contributed by atoms with Gasteiger partial charge in [0.2, 0.25) is 11.8 Å². The van der Waals surface area contributed by atoms with Crippen LogP contribution in [0.1, 0.15) is 84.7 Å². The normalized spacial score (nSPS) is 18.9. The number of nitrogens with zero attached hydrogens (tertiary/aromatic N) is 7. The molecule has 1 unspecified atom stereocenters. The molecule has 1 atom stereocenters. The highest BCUT2D eigenvalue weighted by Crippen LogP contribution is 2.40. The van der Waals surface area contributed by atoms with Crippen molar-refractivity contribution in [2.24, 2.45) is 0 Å². The smallest absolute Gasteiger partial charge is 0.368 e. The number of piperazine rings is 1. The van der Waals surface area contributed by atoms with Crippen LogP contribution in [0.2, 0.25) is 0 Å². The second-order valence-corrected chi connectivity index (χ2v) is 17.1. The Balaban J connectivity index is 0.799. The molecule has 3 aromatic carbocycles. The minimum atomic E-state index is -4.66. The summed E-state index contributed by atoms with van der Waals surface area (Å²) in [6.07, 6.45) is 0.379. The van der Waals surface area contributed by atoms with E-state index in [4.69, 9.17) is 0 Å². The third-order valence-corrected chi connectivity index (χ3v) is 13.3. The number of piperidine rings is 2. The number of imidazole rings is 1. The van der Waals surface area contributed by atoms with Gasteiger partial charge in [-0.1, -0.05) is 18.1 Å². The molecule has 3 fully saturated rings. The molecular formula is C46H41BrF3N9O5. The van der Waals surface area contributed by atoms with E-state index in [1.165, 1.54) is 12.1 Å². The third kappa shape index (κ3) is 8.38. The first kappa shape index (κ1) is 42.9. The van der Waals surface area contributed by atoms with E-state index in [1.54, 1.807) is 58.2 Å². The number of hydrogen-bond acceptors (Lipinski definition) is 10. The Hall–Kier alpha value is -6.42. The first-order valence-electron chi connectivity index (χ1n) is 20.9. The standard InChI is InChI=1S/C46H41BrF3N9O5/c1-27-4-5-29(23-28(27)6-9-33-25-51-38-3-2-16-52-59(33)38)42(61)53-31-8-11-36(35(24-31)46(48,49)50)57-21-19-56(20-22-57)32-14-17-55(18-15-32)26-30-7-10-34-40(41(30)47)45(64)58(44(34)63)37-12-13-39(60)54-43(37)62/h2-5,7-8,10-11,16,23-25,32,37H,12-15,17-22,26H2,1H3,(H,53,61)(H,54,60,62). The van der Waals surface area contributed by atoms with Crippen molar-refractivity contribution in [3.8, 4) is 11.8 Å². The van der Waals surface area contributed by atoms with Crippen LogP contribution in [0.3, 0.4) is 0 Å². The number of nitrogens with one attached hydrogen (secondary N) is 2. The Bertz CT molecular complexity index is 2800. The fourth-order valence-electron chi connectivity index (χ4n) is 8.96. The van der Waals surface area contributed by atoms with E-state index in [0.717, 1.165) is 48.0 Å². The zero-order valence-electron chi connectivity index (χ0n) is 34.5. The minimum absolute atomic E-state index is 0.0256. The number of carbonyl (C=O) groups excluding carboxylic acids is 5. The number of fused-ring (bicyclic) bond motifs is 2. The molecule has 0 radical (unpaired) electrons. The summed E-state index contributed by atoms with van der Waals surface area (Å²) in [6, 6.07) is 15.1. The van der Waals surface area contributed by atoms with Crippen LogP contribution in [0, 0.1) is 18.8 Å². The molecule has 14 nitrogen and oxygen atoms in total. The molecule has 5 aromatic rings. The molecule has 3 saturated heterocycles. The number of imide groups is 2. The van der Waals surface area contributed by atoms with Gasteiger partial charge in [-0.3, -0.25) is 44.0 Å². The number of halogens is 4. The zero-order valence-corrected chi connectivity index (χ0v) is 36.1. The Kier molecular flexibility index (Phi) is 11.6. The van der Waals surface area contributed by atoms with Gasteiger partial charge in [-0.2, -0.15) is 18.3 Å². The number of carbonyl (C=O) groups is 5. The van der Waals surface area contributed by atoms with Gasteiger partial charge in [0.25, 0.3) is 17.7 Å². The predicted octanol–water partition coefficient (Wildman–Crippen LogP) is 5.66. The lowest BCUT2D eigenvalue weighted by Gasteiger charge is -2.43. The van der Waals surface area contributed by atoms with E-state index in [0.29, 0.717) is 54.1 Å². The maximum atomic E-state index is 14.6. The second kappa shape index (κ2) is 17.3. The van der Waals surface area contributed by atoms with Gasteiger partial charge in [-0.25, -0.2) is 9.50 Å². The quantitative estimate of drug-likeness (QED) is 0.155. The number of rotatable bonds is 7. The molecule has 0 saturated carbocycles. The second-order valence-electron chi connectivity index (χ2n) is 16.3. The van der Waals surface area contributed by atoms with Gasteiger partial charge in [0, 0.05) is 78.4 Å². The molecule has 4 aliphatic rings. The lowest BCUT2D eigenvalue weighted by molar-refractivity contribution is -0.137. The first-order chi connectivity index (χ1) is 30.7. The van der Waals surface area contributed by atoms with Crippen molar-refractivity contribution in [3.05, 3.63) is 122 Å². The van der Waals surface area contributed by atoms with Crippen LogP contribution in [0.5, 0.6) is 0 Å². The summed E-state index contributed by atoms with van der Waals surface area (Å²) in [6.45, 7) is 5.87. The Morgan fingerprint density at radius 2 is 1.70 bits per heavy atom. The van der Waals surface area contributed by atoms with Gasteiger partial charge in [0.05, 0.1) is 22.9 Å². The van der Waals surface area contributed by atoms with Gasteiger partial charge < -0.3 is 10.2 Å². The SMILES string of the molecule is Cc1ccc(C(=O)Nc2ccc(N3CCN(C4CCN(Cc5ccc6c(c5Br)C(=O)N(C5CCC(=O)NC5=O)C6=O)CC4)CC3)c(C(F)(F)F)c2)cc1C#Cc1cnc2cccnn12. The van der Waals surface area contributed by atoms with E-state index < -0.39 is 47.3 Å². The van der Waals surface area contributed by atoms with E-state index in [9.17, 15) is 37.1 Å². The molecule has 2 N–H and O–H groups in total. The molecule has 4 aliphatic heterocycles. The summed E-state index contributed by atoms with van der Waals surface area (Å²) in [7, 11) is 0. The van der Waals surface area contributed by atoms with Crippen molar-refractivity contribution in [1.82, 2.24) is 34.6 Å². The number of hydrogen-bond donors (Lipinski definition) is 2. The predicted molar refractivity (Wildman–Crippen MR) is 232 cm³/mol. The summed E-state index contributed by atoms with van der Waals surface area (Å²) in [5.41, 5.74) is 3.38. The number of likely N-dealkylation sites (tertiary alicyclic amines) is 1. The van der Waals surface area contributed by atoms with Gasteiger partial charge >= 0.3 is 6.18 Å². The number of benzene rings is 3. The van der Waals surface area contributed by atoms with Crippen LogP contribution < -0.4 is 15.5 Å². The van der Waals surface area contributed by atoms with E-state index >= 15 is 0 Å². The molecule has 9 rings (SSSR count). The summed E-state index contributed by atoms with van der Waals surface area (Å²) in [4.78, 5) is 75.9. The fourth-order valence-corrected chi connectivity index (χ4v) is 9.60. The van der Waals surface area contributed by atoms with E-state index in [2.05, 4.69) is 58.3 Å². The number of aromatic nitrogens is 3. The largest absolute Gasteiger partial charge is 0.418 e.